The van der Waals surface area contributed by atoms with Gasteiger partial charge in [0.15, 0.2) is 5.76 Å². The van der Waals surface area contributed by atoms with Crippen molar-refractivity contribution in [3.8, 4) is 11.7 Å². The van der Waals surface area contributed by atoms with Crippen molar-refractivity contribution in [1.29, 1.82) is 0 Å². The topological polar surface area (TPSA) is 55.3 Å². The predicted octanol–water partition coefficient (Wildman–Crippen LogP) is 3.98. The molecule has 0 amide bonds. The average Bonchev–Trinajstić information content (AvgIpc) is 3.29. The molecular formula is C18H19N3O2. The quantitative estimate of drug-likeness (QED) is 0.729. The van der Waals surface area contributed by atoms with Crippen molar-refractivity contribution < 1.29 is 8.83 Å². The Labute approximate surface area is 134 Å². The Kier molecular flexibility index (Phi) is 3.71. The van der Waals surface area contributed by atoms with E-state index in [2.05, 4.69) is 46.3 Å². The van der Waals surface area contributed by atoms with Crippen LogP contribution in [-0.4, -0.2) is 21.6 Å². The summed E-state index contributed by atoms with van der Waals surface area (Å²) in [6.45, 7) is 3.84. The first kappa shape index (κ1) is 14.2. The van der Waals surface area contributed by atoms with Gasteiger partial charge in [-0.15, -0.1) is 10.2 Å². The van der Waals surface area contributed by atoms with E-state index >= 15 is 0 Å². The first-order chi connectivity index (χ1) is 11.3. The molecule has 0 bridgehead atoms. The molecule has 3 heterocycles. The lowest BCUT2D eigenvalue weighted by atomic mass is 10.0. The Balaban J connectivity index is 1.50. The number of furan rings is 1. The Morgan fingerprint density at radius 2 is 2.04 bits per heavy atom. The third-order valence-electron chi connectivity index (χ3n) is 4.36. The van der Waals surface area contributed by atoms with E-state index in [9.17, 15) is 0 Å². The van der Waals surface area contributed by atoms with E-state index in [0.717, 1.165) is 6.54 Å². The number of hydrogen-bond acceptors (Lipinski definition) is 5. The van der Waals surface area contributed by atoms with E-state index in [1.54, 1.807) is 6.26 Å². The molecule has 1 atom stereocenters. The summed E-state index contributed by atoms with van der Waals surface area (Å²) in [5.41, 5.74) is 2.65. The molecule has 0 unspecified atom stereocenters. The molecule has 1 fully saturated rings. The smallest absolute Gasteiger partial charge is 0.283 e. The molecule has 1 aromatic carbocycles. The maximum Gasteiger partial charge on any atom is 0.283 e. The van der Waals surface area contributed by atoms with Crippen LogP contribution in [0.15, 0.2) is 51.5 Å². The van der Waals surface area contributed by atoms with Gasteiger partial charge in [-0.25, -0.2) is 0 Å². The Hall–Kier alpha value is -2.40. The molecule has 5 heteroatoms. The molecule has 0 N–H and O–H groups in total. The molecule has 1 aliphatic rings. The maximum absolute atomic E-state index is 5.74. The van der Waals surface area contributed by atoms with Crippen molar-refractivity contribution in [3.05, 3.63) is 59.7 Å². The van der Waals surface area contributed by atoms with E-state index in [1.807, 2.05) is 12.1 Å². The van der Waals surface area contributed by atoms with Gasteiger partial charge in [0, 0.05) is 6.04 Å². The van der Waals surface area contributed by atoms with Crippen LogP contribution in [-0.2, 0) is 6.54 Å². The minimum atomic E-state index is 0.426. The zero-order chi connectivity index (χ0) is 15.6. The highest BCUT2D eigenvalue weighted by Crippen LogP contribution is 2.33. The summed E-state index contributed by atoms with van der Waals surface area (Å²) in [5.74, 6) is 1.69. The van der Waals surface area contributed by atoms with Crippen LogP contribution in [0.3, 0.4) is 0 Å². The molecule has 0 radical (unpaired) electrons. The largest absolute Gasteiger partial charge is 0.459 e. The molecule has 0 saturated carbocycles. The lowest BCUT2D eigenvalue weighted by molar-refractivity contribution is 0.224. The van der Waals surface area contributed by atoms with Gasteiger partial charge in [0.25, 0.3) is 5.89 Å². The van der Waals surface area contributed by atoms with Crippen molar-refractivity contribution in [2.75, 3.05) is 6.54 Å². The van der Waals surface area contributed by atoms with Gasteiger partial charge in [0.05, 0.1) is 12.8 Å². The van der Waals surface area contributed by atoms with Gasteiger partial charge in [-0.05, 0) is 44.0 Å². The predicted molar refractivity (Wildman–Crippen MR) is 85.6 cm³/mol. The summed E-state index contributed by atoms with van der Waals surface area (Å²) in [6, 6.07) is 12.9. The van der Waals surface area contributed by atoms with E-state index < -0.39 is 0 Å². The SMILES string of the molecule is Cc1ccc([C@H]2CCCN2Cc2nnc(-c3ccco3)o2)cc1. The van der Waals surface area contributed by atoms with Crippen molar-refractivity contribution in [2.45, 2.75) is 32.4 Å². The molecular weight excluding hydrogens is 290 g/mol. The molecule has 0 aliphatic carbocycles. The zero-order valence-electron chi connectivity index (χ0n) is 13.1. The molecule has 1 aliphatic heterocycles. The van der Waals surface area contributed by atoms with E-state index in [1.165, 1.54) is 24.0 Å². The van der Waals surface area contributed by atoms with Crippen LogP contribution < -0.4 is 0 Å². The number of aryl methyl sites for hydroxylation is 1. The summed E-state index contributed by atoms with van der Waals surface area (Å²) in [5, 5.41) is 8.23. The van der Waals surface area contributed by atoms with Crippen LogP contribution in [0.2, 0.25) is 0 Å². The molecule has 0 spiro atoms. The minimum absolute atomic E-state index is 0.426. The summed E-state index contributed by atoms with van der Waals surface area (Å²) in [4.78, 5) is 2.41. The molecule has 1 saturated heterocycles. The maximum atomic E-state index is 5.74. The second kappa shape index (κ2) is 6.01. The second-order valence-electron chi connectivity index (χ2n) is 6.02. The van der Waals surface area contributed by atoms with Gasteiger partial charge in [0.2, 0.25) is 5.89 Å². The molecule has 5 nitrogen and oxygen atoms in total. The summed E-state index contributed by atoms with van der Waals surface area (Å²) < 4.78 is 11.0. The Morgan fingerprint density at radius 1 is 1.17 bits per heavy atom. The van der Waals surface area contributed by atoms with Crippen LogP contribution >= 0.6 is 0 Å². The normalized spacial score (nSPS) is 18.6. The molecule has 3 aromatic rings. The monoisotopic (exact) mass is 309 g/mol. The lowest BCUT2D eigenvalue weighted by Crippen LogP contribution is -2.22. The van der Waals surface area contributed by atoms with E-state index in [4.69, 9.17) is 8.83 Å². The molecule has 2 aromatic heterocycles. The lowest BCUT2D eigenvalue weighted by Gasteiger charge is -2.23. The number of rotatable bonds is 4. The van der Waals surface area contributed by atoms with Gasteiger partial charge in [0.1, 0.15) is 0 Å². The molecule has 23 heavy (non-hydrogen) atoms. The van der Waals surface area contributed by atoms with E-state index in [0.29, 0.717) is 30.1 Å². The zero-order valence-corrected chi connectivity index (χ0v) is 13.1. The summed E-state index contributed by atoms with van der Waals surface area (Å²) in [7, 11) is 0. The Morgan fingerprint density at radius 3 is 2.83 bits per heavy atom. The van der Waals surface area contributed by atoms with Crippen molar-refractivity contribution >= 4 is 0 Å². The van der Waals surface area contributed by atoms with Gasteiger partial charge in [-0.3, -0.25) is 4.90 Å². The highest BCUT2D eigenvalue weighted by Gasteiger charge is 2.27. The third-order valence-corrected chi connectivity index (χ3v) is 4.36. The standard InChI is InChI=1S/C18H19N3O2/c1-13-6-8-14(9-7-13)15-4-2-10-21(15)12-17-19-20-18(23-17)16-5-3-11-22-16/h3,5-9,11,15H,2,4,10,12H2,1H3/t15-/m1/s1. The highest BCUT2D eigenvalue weighted by molar-refractivity contribution is 5.42. The van der Waals surface area contributed by atoms with Gasteiger partial charge in [-0.2, -0.15) is 0 Å². The van der Waals surface area contributed by atoms with Crippen LogP contribution in [0.5, 0.6) is 0 Å². The number of aromatic nitrogens is 2. The van der Waals surface area contributed by atoms with Crippen LogP contribution in [0.4, 0.5) is 0 Å². The fourth-order valence-corrected chi connectivity index (χ4v) is 3.17. The summed E-state index contributed by atoms with van der Waals surface area (Å²) in [6.07, 6.45) is 3.97. The van der Waals surface area contributed by atoms with Crippen molar-refractivity contribution in [2.24, 2.45) is 0 Å². The van der Waals surface area contributed by atoms with Gasteiger partial charge in [-0.1, -0.05) is 29.8 Å². The third kappa shape index (κ3) is 2.92. The first-order valence-electron chi connectivity index (χ1n) is 7.96. The second-order valence-corrected chi connectivity index (χ2v) is 6.02. The minimum Gasteiger partial charge on any atom is -0.459 e. The van der Waals surface area contributed by atoms with Crippen LogP contribution in [0.1, 0.15) is 35.9 Å². The average molecular weight is 309 g/mol. The van der Waals surface area contributed by atoms with Crippen molar-refractivity contribution in [3.63, 3.8) is 0 Å². The number of likely N-dealkylation sites (tertiary alicyclic amines) is 1. The number of benzene rings is 1. The number of nitrogens with zero attached hydrogens (tertiary/aromatic N) is 3. The Bertz CT molecular complexity index is 762. The molecule has 4 rings (SSSR count). The van der Waals surface area contributed by atoms with Crippen LogP contribution in [0.25, 0.3) is 11.7 Å². The van der Waals surface area contributed by atoms with Crippen molar-refractivity contribution in [1.82, 2.24) is 15.1 Å². The fourth-order valence-electron chi connectivity index (χ4n) is 3.17. The highest BCUT2D eigenvalue weighted by atomic mass is 16.4. The molecule has 118 valence electrons. The van der Waals surface area contributed by atoms with Gasteiger partial charge < -0.3 is 8.83 Å². The number of hydrogen-bond donors (Lipinski definition) is 0. The van der Waals surface area contributed by atoms with Gasteiger partial charge >= 0.3 is 0 Å². The fraction of sp³-hybridized carbons (Fsp3) is 0.333. The first-order valence-corrected chi connectivity index (χ1v) is 7.96. The van der Waals surface area contributed by atoms with E-state index in [-0.39, 0.29) is 0 Å². The summed E-state index contributed by atoms with van der Waals surface area (Å²) >= 11 is 0. The van der Waals surface area contributed by atoms with Crippen LogP contribution in [0, 0.1) is 6.92 Å².